The minimum Gasteiger partial charge on any atom is -0.489 e. The van der Waals surface area contributed by atoms with E-state index >= 15 is 0 Å². The molecule has 3 heteroatoms. The van der Waals surface area contributed by atoms with E-state index in [-0.39, 0.29) is 6.10 Å². The average Bonchev–Trinajstić information content (AvgIpc) is 2.15. The van der Waals surface area contributed by atoms with Crippen molar-refractivity contribution in [1.82, 2.24) is 0 Å². The lowest BCUT2D eigenvalue weighted by atomic mass is 9.93. The first-order valence-electron chi connectivity index (χ1n) is 5.88. The van der Waals surface area contributed by atoms with Crippen LogP contribution >= 0.6 is 11.6 Å². The summed E-state index contributed by atoms with van der Waals surface area (Å²) in [5.41, 5.74) is 1.09. The van der Waals surface area contributed by atoms with Crippen LogP contribution in [0.1, 0.15) is 33.1 Å². The molecule has 1 N–H and O–H groups in total. The van der Waals surface area contributed by atoms with Gasteiger partial charge in [-0.2, -0.15) is 0 Å². The van der Waals surface area contributed by atoms with Gasteiger partial charge in [0.1, 0.15) is 5.75 Å². The van der Waals surface area contributed by atoms with Gasteiger partial charge in [0.05, 0.1) is 11.1 Å². The highest BCUT2D eigenvalue weighted by Gasteiger charge is 2.17. The van der Waals surface area contributed by atoms with Crippen molar-refractivity contribution in [3.8, 4) is 5.75 Å². The molecule has 0 amide bonds. The van der Waals surface area contributed by atoms with E-state index in [2.05, 4.69) is 5.32 Å². The van der Waals surface area contributed by atoms with Crippen molar-refractivity contribution in [2.75, 3.05) is 5.32 Å². The third-order valence-electron chi connectivity index (χ3n) is 2.77. The standard InChI is InChI=1S/C13H18ClNO/c1-9(2)16-13-7-6-11(8-12(13)14)15-10-4-3-5-10/h6-10,15H,3-5H2,1-2H3. The Morgan fingerprint density at radius 2 is 2.12 bits per heavy atom. The molecular weight excluding hydrogens is 222 g/mol. The normalized spacial score (nSPS) is 16.0. The molecule has 0 aliphatic heterocycles. The number of halogens is 1. The van der Waals surface area contributed by atoms with E-state index in [1.807, 2.05) is 32.0 Å². The predicted molar refractivity (Wildman–Crippen MR) is 68.5 cm³/mol. The molecule has 0 radical (unpaired) electrons. The Morgan fingerprint density at radius 1 is 1.38 bits per heavy atom. The second kappa shape index (κ2) is 4.96. The van der Waals surface area contributed by atoms with Gasteiger partial charge in [0.15, 0.2) is 0 Å². The Hall–Kier alpha value is -0.890. The summed E-state index contributed by atoms with van der Waals surface area (Å²) in [5.74, 6) is 0.760. The number of nitrogens with one attached hydrogen (secondary N) is 1. The molecule has 2 rings (SSSR count). The van der Waals surface area contributed by atoms with Gasteiger partial charge in [-0.05, 0) is 51.3 Å². The zero-order valence-electron chi connectivity index (χ0n) is 9.79. The molecule has 1 fully saturated rings. The molecule has 1 aromatic carbocycles. The van der Waals surface area contributed by atoms with Crippen LogP contribution in [-0.4, -0.2) is 12.1 Å². The van der Waals surface area contributed by atoms with Crippen molar-refractivity contribution in [3.05, 3.63) is 23.2 Å². The van der Waals surface area contributed by atoms with Crippen LogP contribution < -0.4 is 10.1 Å². The van der Waals surface area contributed by atoms with Crippen LogP contribution in [0.3, 0.4) is 0 Å². The second-order valence-corrected chi connectivity index (χ2v) is 4.99. The molecule has 0 atom stereocenters. The van der Waals surface area contributed by atoms with Gasteiger partial charge in [0.25, 0.3) is 0 Å². The topological polar surface area (TPSA) is 21.3 Å². The number of anilines is 1. The van der Waals surface area contributed by atoms with Gasteiger partial charge in [0, 0.05) is 11.7 Å². The smallest absolute Gasteiger partial charge is 0.138 e. The number of hydrogen-bond acceptors (Lipinski definition) is 2. The quantitative estimate of drug-likeness (QED) is 0.855. The van der Waals surface area contributed by atoms with Crippen LogP contribution in [0.15, 0.2) is 18.2 Å². The monoisotopic (exact) mass is 239 g/mol. The Morgan fingerprint density at radius 3 is 2.62 bits per heavy atom. The molecule has 1 saturated carbocycles. The van der Waals surface area contributed by atoms with Crippen LogP contribution in [0.2, 0.25) is 5.02 Å². The van der Waals surface area contributed by atoms with Crippen LogP contribution in [-0.2, 0) is 0 Å². The summed E-state index contributed by atoms with van der Waals surface area (Å²) in [5, 5.41) is 4.14. The first-order chi connectivity index (χ1) is 7.65. The molecule has 0 unspecified atom stereocenters. The van der Waals surface area contributed by atoms with E-state index in [4.69, 9.17) is 16.3 Å². The summed E-state index contributed by atoms with van der Waals surface area (Å²) in [6.45, 7) is 3.99. The molecule has 0 bridgehead atoms. The van der Waals surface area contributed by atoms with E-state index in [0.717, 1.165) is 11.4 Å². The van der Waals surface area contributed by atoms with Crippen molar-refractivity contribution in [1.29, 1.82) is 0 Å². The molecule has 0 saturated heterocycles. The predicted octanol–water partition coefficient (Wildman–Crippen LogP) is 4.09. The molecule has 16 heavy (non-hydrogen) atoms. The molecule has 0 aromatic heterocycles. The largest absolute Gasteiger partial charge is 0.489 e. The van der Waals surface area contributed by atoms with Gasteiger partial charge < -0.3 is 10.1 Å². The van der Waals surface area contributed by atoms with Gasteiger partial charge in [-0.25, -0.2) is 0 Å². The van der Waals surface area contributed by atoms with Gasteiger partial charge in [0.2, 0.25) is 0 Å². The maximum atomic E-state index is 6.15. The zero-order valence-corrected chi connectivity index (χ0v) is 10.6. The van der Waals surface area contributed by atoms with Gasteiger partial charge in [-0.1, -0.05) is 11.6 Å². The summed E-state index contributed by atoms with van der Waals surface area (Å²) >= 11 is 6.15. The van der Waals surface area contributed by atoms with Crippen LogP contribution in [0.4, 0.5) is 5.69 Å². The fourth-order valence-corrected chi connectivity index (χ4v) is 1.95. The molecule has 1 aliphatic rings. The molecule has 0 heterocycles. The minimum absolute atomic E-state index is 0.156. The fraction of sp³-hybridized carbons (Fsp3) is 0.538. The lowest BCUT2D eigenvalue weighted by Gasteiger charge is -2.27. The fourth-order valence-electron chi connectivity index (χ4n) is 1.73. The number of benzene rings is 1. The Labute approximate surface area is 102 Å². The Balaban J connectivity index is 2.03. The molecule has 88 valence electrons. The Bertz CT molecular complexity index is 361. The van der Waals surface area contributed by atoms with Gasteiger partial charge >= 0.3 is 0 Å². The zero-order chi connectivity index (χ0) is 11.5. The van der Waals surface area contributed by atoms with E-state index in [0.29, 0.717) is 11.1 Å². The highest BCUT2D eigenvalue weighted by atomic mass is 35.5. The lowest BCUT2D eigenvalue weighted by molar-refractivity contribution is 0.242. The van der Waals surface area contributed by atoms with E-state index in [1.165, 1.54) is 19.3 Å². The third-order valence-corrected chi connectivity index (χ3v) is 3.07. The number of ether oxygens (including phenoxy) is 1. The van der Waals surface area contributed by atoms with Crippen molar-refractivity contribution in [2.24, 2.45) is 0 Å². The van der Waals surface area contributed by atoms with E-state index < -0.39 is 0 Å². The highest BCUT2D eigenvalue weighted by Crippen LogP contribution is 2.30. The number of rotatable bonds is 4. The third kappa shape index (κ3) is 2.82. The van der Waals surface area contributed by atoms with Crippen LogP contribution in [0.5, 0.6) is 5.75 Å². The van der Waals surface area contributed by atoms with Crippen LogP contribution in [0, 0.1) is 0 Å². The van der Waals surface area contributed by atoms with Gasteiger partial charge in [-0.15, -0.1) is 0 Å². The molecule has 1 aliphatic carbocycles. The number of hydrogen-bond donors (Lipinski definition) is 1. The maximum absolute atomic E-state index is 6.15. The van der Waals surface area contributed by atoms with Crippen molar-refractivity contribution < 1.29 is 4.74 Å². The molecular formula is C13H18ClNO. The SMILES string of the molecule is CC(C)Oc1ccc(NC2CCC2)cc1Cl. The summed E-state index contributed by atoms with van der Waals surface area (Å²) in [6, 6.07) is 6.54. The second-order valence-electron chi connectivity index (χ2n) is 4.58. The van der Waals surface area contributed by atoms with E-state index in [1.54, 1.807) is 0 Å². The average molecular weight is 240 g/mol. The highest BCUT2D eigenvalue weighted by molar-refractivity contribution is 6.32. The van der Waals surface area contributed by atoms with Crippen molar-refractivity contribution >= 4 is 17.3 Å². The molecule has 0 spiro atoms. The van der Waals surface area contributed by atoms with E-state index in [9.17, 15) is 0 Å². The molecule has 2 nitrogen and oxygen atoms in total. The summed E-state index contributed by atoms with van der Waals surface area (Å²) in [7, 11) is 0. The minimum atomic E-state index is 0.156. The first-order valence-corrected chi connectivity index (χ1v) is 6.25. The molecule has 1 aromatic rings. The van der Waals surface area contributed by atoms with Crippen molar-refractivity contribution in [2.45, 2.75) is 45.3 Å². The Kier molecular flexibility index (Phi) is 3.59. The maximum Gasteiger partial charge on any atom is 0.138 e. The summed E-state index contributed by atoms with van der Waals surface area (Å²) in [4.78, 5) is 0. The summed E-state index contributed by atoms with van der Waals surface area (Å²) in [6.07, 6.45) is 4.02. The van der Waals surface area contributed by atoms with Gasteiger partial charge in [-0.3, -0.25) is 0 Å². The van der Waals surface area contributed by atoms with Crippen molar-refractivity contribution in [3.63, 3.8) is 0 Å². The lowest BCUT2D eigenvalue weighted by Crippen LogP contribution is -2.26. The first kappa shape index (κ1) is 11.6. The summed E-state index contributed by atoms with van der Waals surface area (Å²) < 4.78 is 5.59. The van der Waals surface area contributed by atoms with Crippen LogP contribution in [0.25, 0.3) is 0 Å².